The summed E-state index contributed by atoms with van der Waals surface area (Å²) in [7, 11) is 0. The van der Waals surface area contributed by atoms with Crippen molar-refractivity contribution in [3.8, 4) is 0 Å². The van der Waals surface area contributed by atoms with Crippen LogP contribution in [0.5, 0.6) is 0 Å². The van der Waals surface area contributed by atoms with Gasteiger partial charge in [0, 0.05) is 11.6 Å². The van der Waals surface area contributed by atoms with E-state index in [1.807, 2.05) is 0 Å². The number of thiazole rings is 1. The third-order valence-electron chi connectivity index (χ3n) is 3.31. The minimum atomic E-state index is -1.45. The monoisotopic (exact) mass is 343 g/mol. The van der Waals surface area contributed by atoms with Crippen LogP contribution in [-0.2, 0) is 4.79 Å². The molecule has 0 fully saturated rings. The van der Waals surface area contributed by atoms with Crippen LogP contribution in [0, 0.1) is 5.41 Å². The molecule has 1 rings (SSSR count). The highest BCUT2D eigenvalue weighted by atomic mass is 32.1. The van der Waals surface area contributed by atoms with Gasteiger partial charge in [-0.1, -0.05) is 33.6 Å². The molecule has 0 bridgehead atoms. The first kappa shape index (κ1) is 19.4. The fourth-order valence-corrected chi connectivity index (χ4v) is 2.67. The largest absolute Gasteiger partial charge is 0.465 e. The first-order chi connectivity index (χ1) is 10.7. The molecule has 0 saturated heterocycles. The van der Waals surface area contributed by atoms with Crippen molar-refractivity contribution in [2.75, 3.05) is 5.32 Å². The van der Waals surface area contributed by atoms with E-state index in [1.165, 1.54) is 17.5 Å². The van der Waals surface area contributed by atoms with Gasteiger partial charge in [0.15, 0.2) is 11.2 Å². The molecule has 7 nitrogen and oxygen atoms in total. The molecular formula is C15H25N3O4S. The first-order valence-electron chi connectivity index (χ1n) is 7.57. The van der Waals surface area contributed by atoms with E-state index < -0.39 is 24.1 Å². The van der Waals surface area contributed by atoms with Gasteiger partial charge in [0.25, 0.3) is 5.91 Å². The number of carbonyl (C=O) groups is 2. The average Bonchev–Trinajstić information content (AvgIpc) is 2.92. The molecule has 4 N–H and O–H groups in total. The number of amides is 2. The lowest BCUT2D eigenvalue weighted by molar-refractivity contribution is -0.125. The maximum Gasteiger partial charge on any atom is 0.404 e. The molecule has 0 saturated carbocycles. The zero-order chi connectivity index (χ0) is 17.5. The summed E-state index contributed by atoms with van der Waals surface area (Å²) in [4.78, 5) is 26.8. The Hall–Kier alpha value is -1.67. The Bertz CT molecular complexity index is 499. The lowest BCUT2D eigenvalue weighted by Gasteiger charge is -2.23. The average molecular weight is 343 g/mol. The second-order valence-corrected chi connectivity index (χ2v) is 7.53. The number of hydrogen-bond acceptors (Lipinski definition) is 5. The van der Waals surface area contributed by atoms with Crippen LogP contribution in [0.15, 0.2) is 11.6 Å². The van der Waals surface area contributed by atoms with Gasteiger partial charge >= 0.3 is 6.09 Å². The van der Waals surface area contributed by atoms with E-state index in [0.717, 1.165) is 19.3 Å². The van der Waals surface area contributed by atoms with E-state index in [9.17, 15) is 14.7 Å². The van der Waals surface area contributed by atoms with Gasteiger partial charge in [-0.15, -0.1) is 11.3 Å². The molecule has 1 aromatic heterocycles. The maximum atomic E-state index is 12.0. The van der Waals surface area contributed by atoms with Gasteiger partial charge in [-0.05, 0) is 18.3 Å². The van der Waals surface area contributed by atoms with Crippen molar-refractivity contribution in [1.82, 2.24) is 10.3 Å². The predicted octanol–water partition coefficient (Wildman–Crippen LogP) is 2.69. The number of aliphatic hydroxyl groups is 1. The molecule has 2 atom stereocenters. The lowest BCUT2D eigenvalue weighted by Crippen LogP contribution is -2.48. The van der Waals surface area contributed by atoms with E-state index in [-0.39, 0.29) is 5.41 Å². The van der Waals surface area contributed by atoms with Crippen molar-refractivity contribution in [3.05, 3.63) is 11.6 Å². The molecule has 0 unspecified atom stereocenters. The summed E-state index contributed by atoms with van der Waals surface area (Å²) in [6.07, 6.45) is 1.85. The Morgan fingerprint density at radius 2 is 2.04 bits per heavy atom. The van der Waals surface area contributed by atoms with Crippen molar-refractivity contribution < 1.29 is 19.8 Å². The topological polar surface area (TPSA) is 112 Å². The number of carboxylic acid groups (broad SMARTS) is 1. The van der Waals surface area contributed by atoms with Crippen molar-refractivity contribution in [3.63, 3.8) is 0 Å². The van der Waals surface area contributed by atoms with Crippen molar-refractivity contribution in [2.45, 2.75) is 58.6 Å². The van der Waals surface area contributed by atoms with Crippen LogP contribution in [0.25, 0.3) is 0 Å². The van der Waals surface area contributed by atoms with Gasteiger partial charge < -0.3 is 15.5 Å². The van der Waals surface area contributed by atoms with Gasteiger partial charge in [-0.2, -0.15) is 0 Å². The van der Waals surface area contributed by atoms with Crippen LogP contribution in [0.2, 0.25) is 0 Å². The molecule has 23 heavy (non-hydrogen) atoms. The predicted molar refractivity (Wildman–Crippen MR) is 89.6 cm³/mol. The summed E-state index contributed by atoms with van der Waals surface area (Å²) in [5, 5.41) is 25.8. The zero-order valence-electron chi connectivity index (χ0n) is 13.7. The molecule has 2 amide bonds. The minimum absolute atomic E-state index is 0.205. The van der Waals surface area contributed by atoms with E-state index in [1.54, 1.807) is 5.38 Å². The molecule has 0 aliphatic carbocycles. The molecule has 0 radical (unpaired) electrons. The standard InChI is InChI=1S/C15H25N3O4S/c1-15(2,3)7-5-4-6-10(17-14(21)22)11(19)12(20)18-13-16-8-9-23-13/h8-11,17,19H,4-7H2,1-3H3,(H,21,22)(H,16,18,20)/t10-,11-/m0/s1. The van der Waals surface area contributed by atoms with Gasteiger partial charge in [0.1, 0.15) is 0 Å². The van der Waals surface area contributed by atoms with Gasteiger partial charge in [0.2, 0.25) is 0 Å². The Labute approximate surface area is 140 Å². The second kappa shape index (κ2) is 8.83. The fourth-order valence-electron chi connectivity index (χ4n) is 2.13. The molecule has 1 aromatic rings. The quantitative estimate of drug-likeness (QED) is 0.542. The molecule has 1 heterocycles. The molecule has 8 heteroatoms. The number of anilines is 1. The summed E-state index contributed by atoms with van der Waals surface area (Å²) in [6, 6.07) is -0.840. The minimum Gasteiger partial charge on any atom is -0.465 e. The zero-order valence-corrected chi connectivity index (χ0v) is 14.5. The summed E-state index contributed by atoms with van der Waals surface area (Å²) in [6.45, 7) is 6.41. The summed E-state index contributed by atoms with van der Waals surface area (Å²) in [5.74, 6) is -0.658. The Balaban J connectivity index is 2.54. The van der Waals surface area contributed by atoms with Gasteiger partial charge in [0.05, 0.1) is 6.04 Å². The van der Waals surface area contributed by atoms with Gasteiger partial charge in [-0.3, -0.25) is 10.1 Å². The maximum absolute atomic E-state index is 12.0. The number of carbonyl (C=O) groups excluding carboxylic acids is 1. The second-order valence-electron chi connectivity index (χ2n) is 6.63. The number of rotatable bonds is 8. The van der Waals surface area contributed by atoms with Crippen LogP contribution >= 0.6 is 11.3 Å². The summed E-state index contributed by atoms with van der Waals surface area (Å²) < 4.78 is 0. The Kier molecular flexibility index (Phi) is 7.44. The molecule has 0 aliphatic rings. The van der Waals surface area contributed by atoms with Crippen LogP contribution in [0.3, 0.4) is 0 Å². The smallest absolute Gasteiger partial charge is 0.404 e. The Morgan fingerprint density at radius 3 is 2.57 bits per heavy atom. The first-order valence-corrected chi connectivity index (χ1v) is 8.45. The number of aromatic nitrogens is 1. The van der Waals surface area contributed by atoms with Crippen molar-refractivity contribution >= 4 is 28.5 Å². The number of nitrogens with zero attached hydrogens (tertiary/aromatic N) is 1. The van der Waals surface area contributed by atoms with E-state index in [4.69, 9.17) is 5.11 Å². The lowest BCUT2D eigenvalue weighted by atomic mass is 9.89. The molecule has 0 aliphatic heterocycles. The number of unbranched alkanes of at least 4 members (excludes halogenated alkanes) is 1. The Morgan fingerprint density at radius 1 is 1.35 bits per heavy atom. The highest BCUT2D eigenvalue weighted by Crippen LogP contribution is 2.22. The SMILES string of the molecule is CC(C)(C)CCCC[C@H](NC(=O)O)[C@H](O)C(=O)Nc1nccs1. The van der Waals surface area contributed by atoms with E-state index in [2.05, 4.69) is 36.4 Å². The van der Waals surface area contributed by atoms with Crippen LogP contribution in [0.4, 0.5) is 9.93 Å². The highest BCUT2D eigenvalue weighted by Gasteiger charge is 2.28. The number of hydrogen-bond donors (Lipinski definition) is 4. The molecule has 0 spiro atoms. The van der Waals surface area contributed by atoms with E-state index >= 15 is 0 Å². The fraction of sp³-hybridized carbons (Fsp3) is 0.667. The summed E-state index contributed by atoms with van der Waals surface area (Å²) in [5.41, 5.74) is 0.205. The third-order valence-corrected chi connectivity index (χ3v) is 4.00. The van der Waals surface area contributed by atoms with Gasteiger partial charge in [-0.25, -0.2) is 9.78 Å². The summed E-state index contributed by atoms with van der Waals surface area (Å²) >= 11 is 1.23. The molecule has 0 aromatic carbocycles. The van der Waals surface area contributed by atoms with Crippen molar-refractivity contribution in [2.24, 2.45) is 5.41 Å². The number of nitrogens with one attached hydrogen (secondary N) is 2. The van der Waals surface area contributed by atoms with Crippen molar-refractivity contribution in [1.29, 1.82) is 0 Å². The highest BCUT2D eigenvalue weighted by molar-refractivity contribution is 7.13. The third kappa shape index (κ3) is 7.94. The molecule has 130 valence electrons. The van der Waals surface area contributed by atoms with Crippen LogP contribution < -0.4 is 10.6 Å². The van der Waals surface area contributed by atoms with Crippen LogP contribution in [-0.4, -0.2) is 39.3 Å². The number of aliphatic hydroxyl groups excluding tert-OH is 1. The van der Waals surface area contributed by atoms with E-state index in [0.29, 0.717) is 11.6 Å². The normalized spacial score (nSPS) is 14.1. The van der Waals surface area contributed by atoms with Crippen LogP contribution in [0.1, 0.15) is 46.5 Å². The molecular weight excluding hydrogens is 318 g/mol.